The van der Waals surface area contributed by atoms with Crippen molar-refractivity contribution in [1.29, 1.82) is 0 Å². The summed E-state index contributed by atoms with van der Waals surface area (Å²) in [5, 5.41) is 25.0. The fraction of sp³-hybridized carbons (Fsp3) is 0.0909. The molecule has 0 saturated carbocycles. The van der Waals surface area contributed by atoms with Crippen LogP contribution in [-0.2, 0) is 5.75 Å². The number of hydrogen-bond acceptors (Lipinski definition) is 7. The first-order valence-corrected chi connectivity index (χ1v) is 11.4. The Morgan fingerprint density at radius 3 is 2.74 bits per heavy atom. The Morgan fingerprint density at radius 2 is 2.00 bits per heavy atom. The van der Waals surface area contributed by atoms with Gasteiger partial charge < -0.3 is 5.11 Å². The molecular formula is C22H17ClN4O2S2. The van der Waals surface area contributed by atoms with E-state index < -0.39 is 5.91 Å². The lowest BCUT2D eigenvalue weighted by Gasteiger charge is -2.08. The number of amides is 1. The third kappa shape index (κ3) is 5.04. The van der Waals surface area contributed by atoms with Gasteiger partial charge in [-0.2, -0.15) is 5.10 Å². The maximum absolute atomic E-state index is 12.3. The second-order valence-corrected chi connectivity index (χ2v) is 9.41. The third-order valence-corrected chi connectivity index (χ3v) is 6.81. The third-order valence-electron chi connectivity index (χ3n) is 4.49. The van der Waals surface area contributed by atoms with Crippen molar-refractivity contribution in [3.05, 3.63) is 81.3 Å². The first-order chi connectivity index (χ1) is 15.0. The van der Waals surface area contributed by atoms with Crippen molar-refractivity contribution >= 4 is 57.6 Å². The molecule has 31 heavy (non-hydrogen) atoms. The highest BCUT2D eigenvalue weighted by atomic mass is 35.5. The number of fused-ring (bicyclic) bond motifs is 1. The zero-order valence-electron chi connectivity index (χ0n) is 16.4. The lowest BCUT2D eigenvalue weighted by molar-refractivity contribution is 0.0955. The van der Waals surface area contributed by atoms with E-state index in [4.69, 9.17) is 11.6 Å². The molecule has 1 aromatic heterocycles. The van der Waals surface area contributed by atoms with E-state index in [1.165, 1.54) is 23.8 Å². The Bertz CT molecular complexity index is 1290. The van der Waals surface area contributed by atoms with Crippen LogP contribution in [0, 0.1) is 6.92 Å². The zero-order chi connectivity index (χ0) is 21.8. The molecule has 9 heteroatoms. The van der Waals surface area contributed by atoms with Gasteiger partial charge in [0.25, 0.3) is 5.91 Å². The molecule has 1 heterocycles. The second kappa shape index (κ2) is 9.47. The lowest BCUT2D eigenvalue weighted by atomic mass is 10.0. The number of hydrazone groups is 1. The van der Waals surface area contributed by atoms with Crippen molar-refractivity contribution in [3.8, 4) is 5.75 Å². The van der Waals surface area contributed by atoms with Crippen molar-refractivity contribution in [2.75, 3.05) is 0 Å². The fourth-order valence-corrected chi connectivity index (χ4v) is 4.97. The Labute approximate surface area is 192 Å². The Hall–Kier alpha value is -2.94. The molecule has 3 aromatic carbocycles. The number of hydrogen-bond donors (Lipinski definition) is 2. The first kappa shape index (κ1) is 21.3. The van der Waals surface area contributed by atoms with Crippen LogP contribution in [0.4, 0.5) is 0 Å². The van der Waals surface area contributed by atoms with Crippen LogP contribution in [0.3, 0.4) is 0 Å². The van der Waals surface area contributed by atoms with Crippen LogP contribution in [0.2, 0.25) is 5.02 Å². The summed E-state index contributed by atoms with van der Waals surface area (Å²) in [5.74, 6) is 0.292. The van der Waals surface area contributed by atoms with Gasteiger partial charge in [0.2, 0.25) is 0 Å². The molecule has 156 valence electrons. The number of rotatable bonds is 6. The van der Waals surface area contributed by atoms with E-state index in [1.807, 2.05) is 31.2 Å². The summed E-state index contributed by atoms with van der Waals surface area (Å²) in [5.41, 5.74) is 4.88. The van der Waals surface area contributed by atoms with Gasteiger partial charge in [-0.05, 0) is 41.5 Å². The van der Waals surface area contributed by atoms with E-state index >= 15 is 0 Å². The van der Waals surface area contributed by atoms with Gasteiger partial charge in [-0.1, -0.05) is 71.1 Å². The number of carbonyl (C=O) groups is 1. The molecule has 1 amide bonds. The van der Waals surface area contributed by atoms with Crippen molar-refractivity contribution in [3.63, 3.8) is 0 Å². The number of nitrogens with one attached hydrogen (secondary N) is 1. The predicted molar refractivity (Wildman–Crippen MR) is 126 cm³/mol. The van der Waals surface area contributed by atoms with E-state index in [0.717, 1.165) is 31.4 Å². The van der Waals surface area contributed by atoms with Crippen molar-refractivity contribution in [2.24, 2.45) is 5.10 Å². The smallest absolute Gasteiger partial charge is 0.271 e. The molecule has 0 unspecified atom stereocenters. The lowest BCUT2D eigenvalue weighted by Crippen LogP contribution is -2.17. The monoisotopic (exact) mass is 468 g/mol. The predicted octanol–water partition coefficient (Wildman–Crippen LogP) is 5.41. The van der Waals surface area contributed by atoms with Crippen LogP contribution in [-0.4, -0.2) is 27.4 Å². The maximum atomic E-state index is 12.3. The molecule has 0 atom stereocenters. The summed E-state index contributed by atoms with van der Waals surface area (Å²) in [6, 6.07) is 16.4. The molecule has 0 fully saturated rings. The molecule has 0 aliphatic heterocycles. The van der Waals surface area contributed by atoms with Crippen LogP contribution >= 0.6 is 34.7 Å². The number of phenols is 1. The van der Waals surface area contributed by atoms with Gasteiger partial charge in [0, 0.05) is 16.9 Å². The number of halogens is 1. The van der Waals surface area contributed by atoms with Crippen molar-refractivity contribution in [2.45, 2.75) is 17.0 Å². The van der Waals surface area contributed by atoms with E-state index in [1.54, 1.807) is 29.3 Å². The first-order valence-electron chi connectivity index (χ1n) is 9.27. The number of nitrogens with zero attached hydrogens (tertiary/aromatic N) is 3. The molecule has 4 aromatic rings. The number of aromatic hydroxyl groups is 1. The normalized spacial score (nSPS) is 11.3. The number of aryl methyl sites for hydroxylation is 1. The minimum Gasteiger partial charge on any atom is -0.506 e. The maximum Gasteiger partial charge on any atom is 0.271 e. The number of benzene rings is 3. The largest absolute Gasteiger partial charge is 0.506 e. The van der Waals surface area contributed by atoms with E-state index in [9.17, 15) is 9.90 Å². The quantitative estimate of drug-likeness (QED) is 0.224. The summed E-state index contributed by atoms with van der Waals surface area (Å²) < 4.78 is 0.948. The molecule has 0 aliphatic carbocycles. The molecule has 0 aliphatic rings. The number of aromatic nitrogens is 2. The molecule has 0 bridgehead atoms. The average Bonchev–Trinajstić information content (AvgIpc) is 3.20. The van der Waals surface area contributed by atoms with Gasteiger partial charge in [-0.3, -0.25) is 4.79 Å². The Morgan fingerprint density at radius 1 is 1.19 bits per heavy atom. The van der Waals surface area contributed by atoms with Gasteiger partial charge in [0.1, 0.15) is 10.8 Å². The molecule has 0 spiro atoms. The highest BCUT2D eigenvalue weighted by molar-refractivity contribution is 8.00. The summed E-state index contributed by atoms with van der Waals surface area (Å²) in [7, 11) is 0. The minimum atomic E-state index is -0.414. The average molecular weight is 469 g/mol. The standard InChI is InChI=1S/C22H17ClN4O2S2/c1-13-25-27-22(31-13)30-12-16-7-6-15(17-4-2-3-5-18(16)17)11-24-26-21(29)14-8-9-20(28)19(23)10-14/h2-11,28H,12H2,1H3,(H,26,29). The fourth-order valence-electron chi connectivity index (χ4n) is 2.97. The van der Waals surface area contributed by atoms with Gasteiger partial charge in [-0.15, -0.1) is 10.2 Å². The molecule has 6 nitrogen and oxygen atoms in total. The molecule has 4 rings (SSSR count). The topological polar surface area (TPSA) is 87.5 Å². The number of carbonyl (C=O) groups excluding carboxylic acids is 1. The van der Waals surface area contributed by atoms with Crippen LogP contribution < -0.4 is 5.43 Å². The summed E-state index contributed by atoms with van der Waals surface area (Å²) >= 11 is 9.11. The zero-order valence-corrected chi connectivity index (χ0v) is 18.8. The highest BCUT2D eigenvalue weighted by Gasteiger charge is 2.09. The van der Waals surface area contributed by atoms with E-state index in [-0.39, 0.29) is 10.8 Å². The molecular weight excluding hydrogens is 452 g/mol. The van der Waals surface area contributed by atoms with Crippen LogP contribution in [0.5, 0.6) is 5.75 Å². The van der Waals surface area contributed by atoms with E-state index in [0.29, 0.717) is 5.56 Å². The van der Waals surface area contributed by atoms with Crippen LogP contribution in [0.1, 0.15) is 26.5 Å². The van der Waals surface area contributed by atoms with Crippen LogP contribution in [0.15, 0.2) is 64.0 Å². The summed E-state index contributed by atoms with van der Waals surface area (Å²) in [4.78, 5) is 12.3. The number of phenolic OH excluding ortho intramolecular Hbond substituents is 1. The highest BCUT2D eigenvalue weighted by Crippen LogP contribution is 2.30. The summed E-state index contributed by atoms with van der Waals surface area (Å²) in [6.07, 6.45) is 1.62. The molecule has 2 N–H and O–H groups in total. The minimum absolute atomic E-state index is 0.0762. The van der Waals surface area contributed by atoms with Crippen LogP contribution in [0.25, 0.3) is 10.8 Å². The van der Waals surface area contributed by atoms with Gasteiger partial charge in [0.15, 0.2) is 4.34 Å². The van der Waals surface area contributed by atoms with Crippen molar-refractivity contribution in [1.82, 2.24) is 15.6 Å². The van der Waals surface area contributed by atoms with Gasteiger partial charge in [-0.25, -0.2) is 5.43 Å². The van der Waals surface area contributed by atoms with Gasteiger partial charge >= 0.3 is 0 Å². The second-order valence-electron chi connectivity index (χ2n) is 6.60. The summed E-state index contributed by atoms with van der Waals surface area (Å²) in [6.45, 7) is 1.94. The molecule has 0 radical (unpaired) electrons. The van der Waals surface area contributed by atoms with Gasteiger partial charge in [0.05, 0.1) is 11.2 Å². The number of thioether (sulfide) groups is 1. The SMILES string of the molecule is Cc1nnc(SCc2ccc(C=NNC(=O)c3ccc(O)c(Cl)c3)c3ccccc23)s1. The van der Waals surface area contributed by atoms with E-state index in [2.05, 4.69) is 32.9 Å². The molecule has 0 saturated heterocycles. The Kier molecular flexibility index (Phi) is 6.50. The Balaban J connectivity index is 1.51. The van der Waals surface area contributed by atoms with Crippen molar-refractivity contribution < 1.29 is 9.90 Å².